The number of carboxylic acids is 1. The van der Waals surface area contributed by atoms with Crippen LogP contribution in [0.4, 0.5) is 0 Å². The molecule has 0 saturated heterocycles. The van der Waals surface area contributed by atoms with Crippen LogP contribution in [0.25, 0.3) is 0 Å². The zero-order valence-electron chi connectivity index (χ0n) is 11.1. The molecule has 0 radical (unpaired) electrons. The van der Waals surface area contributed by atoms with Gasteiger partial charge >= 0.3 is 5.97 Å². The van der Waals surface area contributed by atoms with E-state index in [1.54, 1.807) is 6.07 Å². The summed E-state index contributed by atoms with van der Waals surface area (Å²) in [6.07, 6.45) is 4.84. The average Bonchev–Trinajstić information content (AvgIpc) is 2.82. The minimum Gasteiger partial charge on any atom is -0.477 e. The van der Waals surface area contributed by atoms with Gasteiger partial charge in [-0.1, -0.05) is 33.1 Å². The van der Waals surface area contributed by atoms with E-state index in [-0.39, 0.29) is 0 Å². The smallest absolute Gasteiger partial charge is 0.345 e. The topological polar surface area (TPSA) is 46.5 Å². The standard InChI is InChI=1S/C14H22O3S/c1-3-5-6-11(4-2)9-17-10-12-7-8-13(18-12)14(15)16/h7-8,11H,3-6,9-10H2,1-2H3,(H,15,16). The summed E-state index contributed by atoms with van der Waals surface area (Å²) in [7, 11) is 0. The highest BCUT2D eigenvalue weighted by Gasteiger charge is 2.09. The molecule has 0 aliphatic heterocycles. The van der Waals surface area contributed by atoms with Gasteiger partial charge in [0.05, 0.1) is 6.61 Å². The maximum absolute atomic E-state index is 10.7. The number of carboxylic acid groups (broad SMARTS) is 1. The first-order chi connectivity index (χ1) is 8.67. The highest BCUT2D eigenvalue weighted by molar-refractivity contribution is 7.13. The van der Waals surface area contributed by atoms with Crippen molar-refractivity contribution in [2.45, 2.75) is 46.1 Å². The molecule has 0 fully saturated rings. The summed E-state index contributed by atoms with van der Waals surface area (Å²) in [5, 5.41) is 8.82. The van der Waals surface area contributed by atoms with Crippen molar-refractivity contribution in [1.82, 2.24) is 0 Å². The number of hydrogen-bond acceptors (Lipinski definition) is 3. The Morgan fingerprint density at radius 3 is 2.78 bits per heavy atom. The number of rotatable bonds is 9. The molecule has 1 aromatic heterocycles. The van der Waals surface area contributed by atoms with Crippen molar-refractivity contribution in [1.29, 1.82) is 0 Å². The molecular weight excluding hydrogens is 248 g/mol. The van der Waals surface area contributed by atoms with Crippen molar-refractivity contribution >= 4 is 17.3 Å². The molecule has 0 aromatic carbocycles. The van der Waals surface area contributed by atoms with Crippen molar-refractivity contribution in [3.8, 4) is 0 Å². The second-order valence-electron chi connectivity index (χ2n) is 4.50. The van der Waals surface area contributed by atoms with Gasteiger partial charge in [0.25, 0.3) is 0 Å². The van der Waals surface area contributed by atoms with Crippen LogP contribution in [0.2, 0.25) is 0 Å². The third kappa shape index (κ3) is 5.19. The lowest BCUT2D eigenvalue weighted by Crippen LogP contribution is -2.08. The molecule has 1 N–H and O–H groups in total. The lowest BCUT2D eigenvalue weighted by Gasteiger charge is -2.14. The molecule has 102 valence electrons. The molecule has 1 aromatic rings. The molecule has 1 unspecified atom stereocenters. The molecule has 0 amide bonds. The van der Waals surface area contributed by atoms with Gasteiger partial charge in [0.1, 0.15) is 4.88 Å². The maximum Gasteiger partial charge on any atom is 0.345 e. The Morgan fingerprint density at radius 1 is 1.44 bits per heavy atom. The SMILES string of the molecule is CCCCC(CC)COCc1ccc(C(=O)O)s1. The largest absolute Gasteiger partial charge is 0.477 e. The fourth-order valence-electron chi connectivity index (χ4n) is 1.79. The molecule has 0 aliphatic rings. The maximum atomic E-state index is 10.7. The van der Waals surface area contributed by atoms with E-state index >= 15 is 0 Å². The monoisotopic (exact) mass is 270 g/mol. The Hall–Kier alpha value is -0.870. The van der Waals surface area contributed by atoms with Crippen molar-refractivity contribution < 1.29 is 14.6 Å². The van der Waals surface area contributed by atoms with Gasteiger partial charge in [-0.2, -0.15) is 0 Å². The van der Waals surface area contributed by atoms with Gasteiger partial charge in [-0.25, -0.2) is 4.79 Å². The normalized spacial score (nSPS) is 12.6. The number of thiophene rings is 1. The van der Waals surface area contributed by atoms with Gasteiger partial charge in [-0.05, 0) is 24.5 Å². The average molecular weight is 270 g/mol. The number of ether oxygens (including phenoxy) is 1. The highest BCUT2D eigenvalue weighted by atomic mass is 32.1. The summed E-state index contributed by atoms with van der Waals surface area (Å²) in [6.45, 7) is 5.70. The summed E-state index contributed by atoms with van der Waals surface area (Å²) in [5.74, 6) is -0.232. The summed E-state index contributed by atoms with van der Waals surface area (Å²) in [5.41, 5.74) is 0. The predicted octanol–water partition coefficient (Wildman–Crippen LogP) is 4.18. The number of unbranched alkanes of at least 4 members (excludes halogenated alkanes) is 1. The van der Waals surface area contributed by atoms with Crippen LogP contribution in [0.1, 0.15) is 54.1 Å². The van der Waals surface area contributed by atoms with Gasteiger partial charge in [0.2, 0.25) is 0 Å². The molecule has 0 bridgehead atoms. The third-order valence-corrected chi connectivity index (χ3v) is 4.06. The van der Waals surface area contributed by atoms with Gasteiger partial charge in [-0.15, -0.1) is 11.3 Å². The predicted molar refractivity (Wildman–Crippen MR) is 74.2 cm³/mol. The highest BCUT2D eigenvalue weighted by Crippen LogP contribution is 2.19. The molecular formula is C14H22O3S. The molecule has 1 rings (SSSR count). The fraction of sp³-hybridized carbons (Fsp3) is 0.643. The number of carbonyl (C=O) groups is 1. The molecule has 0 saturated carbocycles. The molecule has 4 heteroatoms. The number of aromatic carboxylic acids is 1. The minimum atomic E-state index is -0.861. The lowest BCUT2D eigenvalue weighted by atomic mass is 10.0. The molecule has 0 aliphatic carbocycles. The summed E-state index contributed by atoms with van der Waals surface area (Å²) >= 11 is 1.29. The zero-order valence-corrected chi connectivity index (χ0v) is 12.0. The first-order valence-electron chi connectivity index (χ1n) is 6.57. The minimum absolute atomic E-state index is 0.381. The first-order valence-corrected chi connectivity index (χ1v) is 7.38. The fourth-order valence-corrected chi connectivity index (χ4v) is 2.58. The Balaban J connectivity index is 2.28. The van der Waals surface area contributed by atoms with Crippen molar-refractivity contribution in [3.05, 3.63) is 21.9 Å². The van der Waals surface area contributed by atoms with Gasteiger partial charge in [0, 0.05) is 11.5 Å². The van der Waals surface area contributed by atoms with Crippen molar-refractivity contribution in [3.63, 3.8) is 0 Å². The van der Waals surface area contributed by atoms with Crippen LogP contribution in [0.5, 0.6) is 0 Å². The van der Waals surface area contributed by atoms with Gasteiger partial charge < -0.3 is 9.84 Å². The molecule has 3 nitrogen and oxygen atoms in total. The van der Waals surface area contributed by atoms with Crippen LogP contribution in [-0.2, 0) is 11.3 Å². The molecule has 18 heavy (non-hydrogen) atoms. The van der Waals surface area contributed by atoms with Gasteiger partial charge in [0.15, 0.2) is 0 Å². The third-order valence-electron chi connectivity index (χ3n) is 3.01. The molecule has 1 atom stereocenters. The summed E-state index contributed by atoms with van der Waals surface area (Å²) < 4.78 is 5.68. The van der Waals surface area contributed by atoms with E-state index in [0.717, 1.165) is 17.9 Å². The van der Waals surface area contributed by atoms with Crippen LogP contribution >= 0.6 is 11.3 Å². The lowest BCUT2D eigenvalue weighted by molar-refractivity contribution is 0.0702. The summed E-state index contributed by atoms with van der Waals surface area (Å²) in [6, 6.07) is 3.47. The Bertz CT molecular complexity index is 360. The van der Waals surface area contributed by atoms with Crippen LogP contribution in [0.15, 0.2) is 12.1 Å². The second-order valence-corrected chi connectivity index (χ2v) is 5.67. The quantitative estimate of drug-likeness (QED) is 0.732. The van der Waals surface area contributed by atoms with E-state index in [1.165, 1.54) is 30.6 Å². The van der Waals surface area contributed by atoms with E-state index < -0.39 is 5.97 Å². The first kappa shape index (κ1) is 15.2. The van der Waals surface area contributed by atoms with Crippen molar-refractivity contribution in [2.24, 2.45) is 5.92 Å². The Morgan fingerprint density at radius 2 is 2.22 bits per heavy atom. The van der Waals surface area contributed by atoms with E-state index in [0.29, 0.717) is 17.4 Å². The van der Waals surface area contributed by atoms with Crippen LogP contribution in [0, 0.1) is 5.92 Å². The Kier molecular flexibility index (Phi) is 6.98. The van der Waals surface area contributed by atoms with Gasteiger partial charge in [-0.3, -0.25) is 0 Å². The van der Waals surface area contributed by atoms with Crippen LogP contribution < -0.4 is 0 Å². The van der Waals surface area contributed by atoms with E-state index in [2.05, 4.69) is 13.8 Å². The van der Waals surface area contributed by atoms with E-state index in [1.807, 2.05) is 6.07 Å². The van der Waals surface area contributed by atoms with Crippen LogP contribution in [-0.4, -0.2) is 17.7 Å². The second kappa shape index (κ2) is 8.27. The number of hydrogen-bond donors (Lipinski definition) is 1. The van der Waals surface area contributed by atoms with E-state index in [4.69, 9.17) is 9.84 Å². The Labute approximate surface area is 113 Å². The van der Waals surface area contributed by atoms with E-state index in [9.17, 15) is 4.79 Å². The van der Waals surface area contributed by atoms with Crippen LogP contribution in [0.3, 0.4) is 0 Å². The molecule has 1 heterocycles. The zero-order chi connectivity index (χ0) is 13.4. The van der Waals surface area contributed by atoms with Crippen molar-refractivity contribution in [2.75, 3.05) is 6.61 Å². The summed E-state index contributed by atoms with van der Waals surface area (Å²) in [4.78, 5) is 12.1. The molecule has 0 spiro atoms.